The lowest BCUT2D eigenvalue weighted by molar-refractivity contribution is 0.208. The van der Waals surface area contributed by atoms with E-state index in [1.165, 1.54) is 0 Å². The molecule has 2 aromatic rings. The summed E-state index contributed by atoms with van der Waals surface area (Å²) in [5.41, 5.74) is 4.40. The summed E-state index contributed by atoms with van der Waals surface area (Å²) in [5, 5.41) is 5.46. The molecule has 0 saturated heterocycles. The second kappa shape index (κ2) is 5.61. The average molecular weight is 247 g/mol. The Morgan fingerprint density at radius 3 is 3.00 bits per heavy atom. The lowest BCUT2D eigenvalue weighted by Gasteiger charge is -2.03. The number of rotatable bonds is 4. The first kappa shape index (κ1) is 12.5. The van der Waals surface area contributed by atoms with Gasteiger partial charge in [0.05, 0.1) is 18.7 Å². The van der Waals surface area contributed by atoms with Crippen LogP contribution in [-0.2, 0) is 11.8 Å². The summed E-state index contributed by atoms with van der Waals surface area (Å²) in [6.45, 7) is 1.09. The molecule has 96 valence electrons. The first-order valence-electron chi connectivity index (χ1n) is 5.70. The van der Waals surface area contributed by atoms with E-state index in [0.717, 1.165) is 16.6 Å². The van der Waals surface area contributed by atoms with Crippen molar-refractivity contribution in [3.8, 4) is 0 Å². The van der Waals surface area contributed by atoms with Gasteiger partial charge in [-0.3, -0.25) is 9.67 Å². The second-order valence-corrected chi connectivity index (χ2v) is 3.86. The number of hydrogen-bond donors (Lipinski definition) is 2. The molecule has 6 heteroatoms. The minimum Gasteiger partial charge on any atom is -0.383 e. The molecule has 3 N–H and O–H groups in total. The number of para-hydroxylation sites is 1. The molecule has 0 atom stereocenters. The average Bonchev–Trinajstić information content (AvgIpc) is 2.73. The maximum Gasteiger partial charge on any atom is 0.164 e. The number of aliphatic imine (C=N–C) groups is 1. The van der Waals surface area contributed by atoms with Crippen molar-refractivity contribution in [1.82, 2.24) is 15.2 Å². The molecule has 0 unspecified atom stereocenters. The van der Waals surface area contributed by atoms with Gasteiger partial charge in [-0.1, -0.05) is 18.2 Å². The van der Waals surface area contributed by atoms with Crippen molar-refractivity contribution in [3.63, 3.8) is 0 Å². The molecule has 0 bridgehead atoms. The second-order valence-electron chi connectivity index (χ2n) is 3.86. The lowest BCUT2D eigenvalue weighted by Crippen LogP contribution is -2.32. The van der Waals surface area contributed by atoms with Crippen LogP contribution in [0.2, 0.25) is 0 Å². The molecule has 0 amide bonds. The standard InChI is InChI=1S/C12H17N5O/c1-17-10-6-4-3-5-9(10)11(16-17)12(15-13)14-7-8-18-2/h3-6H,7-8,13H2,1-2H3,(H,14,15). The third-order valence-electron chi connectivity index (χ3n) is 2.68. The number of ether oxygens (including phenoxy) is 1. The number of fused-ring (bicyclic) bond motifs is 1. The highest BCUT2D eigenvalue weighted by Gasteiger charge is 2.12. The van der Waals surface area contributed by atoms with E-state index in [1.807, 2.05) is 36.0 Å². The van der Waals surface area contributed by atoms with Crippen LogP contribution in [0.3, 0.4) is 0 Å². The van der Waals surface area contributed by atoms with Crippen LogP contribution >= 0.6 is 0 Å². The molecule has 0 radical (unpaired) electrons. The summed E-state index contributed by atoms with van der Waals surface area (Å²) in [4.78, 5) is 4.35. The van der Waals surface area contributed by atoms with E-state index in [4.69, 9.17) is 10.6 Å². The molecule has 1 aromatic heterocycles. The lowest BCUT2D eigenvalue weighted by atomic mass is 10.2. The zero-order chi connectivity index (χ0) is 13.0. The van der Waals surface area contributed by atoms with Crippen molar-refractivity contribution in [2.24, 2.45) is 17.9 Å². The molecule has 2 rings (SSSR count). The van der Waals surface area contributed by atoms with Crippen molar-refractivity contribution in [2.75, 3.05) is 20.3 Å². The predicted molar refractivity (Wildman–Crippen MR) is 71.3 cm³/mol. The molecule has 18 heavy (non-hydrogen) atoms. The van der Waals surface area contributed by atoms with Crippen LogP contribution in [-0.4, -0.2) is 35.9 Å². The molecule has 0 aliphatic heterocycles. The van der Waals surface area contributed by atoms with Gasteiger partial charge in [0.2, 0.25) is 0 Å². The Morgan fingerprint density at radius 2 is 2.28 bits per heavy atom. The molecule has 1 heterocycles. The minimum absolute atomic E-state index is 0.543. The normalized spacial score (nSPS) is 12.1. The van der Waals surface area contributed by atoms with Gasteiger partial charge in [0.25, 0.3) is 0 Å². The van der Waals surface area contributed by atoms with Crippen LogP contribution in [0.25, 0.3) is 10.9 Å². The Labute approximate surface area is 105 Å². The fourth-order valence-corrected chi connectivity index (χ4v) is 1.83. The highest BCUT2D eigenvalue weighted by molar-refractivity contribution is 6.07. The largest absolute Gasteiger partial charge is 0.383 e. The monoisotopic (exact) mass is 247 g/mol. The smallest absolute Gasteiger partial charge is 0.164 e. The van der Waals surface area contributed by atoms with E-state index in [9.17, 15) is 0 Å². The first-order valence-corrected chi connectivity index (χ1v) is 5.70. The number of methoxy groups -OCH3 is 1. The van der Waals surface area contributed by atoms with Crippen molar-refractivity contribution in [2.45, 2.75) is 0 Å². The van der Waals surface area contributed by atoms with Crippen molar-refractivity contribution < 1.29 is 4.74 Å². The van der Waals surface area contributed by atoms with Crippen LogP contribution < -0.4 is 11.3 Å². The number of hydrazine groups is 1. The number of nitrogens with zero attached hydrogens (tertiary/aromatic N) is 3. The van der Waals surface area contributed by atoms with Gasteiger partial charge < -0.3 is 10.2 Å². The number of aryl methyl sites for hydroxylation is 1. The van der Waals surface area contributed by atoms with Gasteiger partial charge in [-0.2, -0.15) is 5.10 Å². The van der Waals surface area contributed by atoms with Gasteiger partial charge in [-0.25, -0.2) is 5.84 Å². The number of nitrogens with two attached hydrogens (primary N) is 1. The van der Waals surface area contributed by atoms with Crippen LogP contribution in [0.15, 0.2) is 29.3 Å². The number of hydrogen-bond acceptors (Lipinski definition) is 4. The summed E-state index contributed by atoms with van der Waals surface area (Å²) in [7, 11) is 3.54. The molecule has 0 saturated carbocycles. The third kappa shape index (κ3) is 2.34. The van der Waals surface area contributed by atoms with E-state index in [1.54, 1.807) is 7.11 Å². The maximum absolute atomic E-state index is 5.52. The maximum atomic E-state index is 5.52. The molecular formula is C12H17N5O. The summed E-state index contributed by atoms with van der Waals surface area (Å²) < 4.78 is 6.78. The number of benzene rings is 1. The Hall–Kier alpha value is -1.92. The van der Waals surface area contributed by atoms with Crippen molar-refractivity contribution >= 4 is 16.7 Å². The van der Waals surface area contributed by atoms with E-state index >= 15 is 0 Å². The highest BCUT2D eigenvalue weighted by Crippen LogP contribution is 2.17. The van der Waals surface area contributed by atoms with E-state index in [2.05, 4.69) is 15.5 Å². The Kier molecular flexibility index (Phi) is 3.91. The van der Waals surface area contributed by atoms with E-state index < -0.39 is 0 Å². The van der Waals surface area contributed by atoms with E-state index in [0.29, 0.717) is 19.0 Å². The van der Waals surface area contributed by atoms with Gasteiger partial charge in [-0.05, 0) is 6.07 Å². The van der Waals surface area contributed by atoms with Gasteiger partial charge in [0.1, 0.15) is 5.69 Å². The number of amidine groups is 1. The quantitative estimate of drug-likeness (QED) is 0.270. The number of nitrogens with one attached hydrogen (secondary N) is 1. The minimum atomic E-state index is 0.543. The van der Waals surface area contributed by atoms with Crippen LogP contribution in [0.5, 0.6) is 0 Å². The SMILES string of the molecule is COCCN=C(NN)c1nn(C)c2ccccc12. The highest BCUT2D eigenvalue weighted by atomic mass is 16.5. The Morgan fingerprint density at radius 1 is 1.50 bits per heavy atom. The van der Waals surface area contributed by atoms with Crippen LogP contribution in [0.1, 0.15) is 5.69 Å². The van der Waals surface area contributed by atoms with Crippen molar-refractivity contribution in [1.29, 1.82) is 0 Å². The molecule has 0 spiro atoms. The fraction of sp³-hybridized carbons (Fsp3) is 0.333. The van der Waals surface area contributed by atoms with Gasteiger partial charge in [0, 0.05) is 19.5 Å². The summed E-state index contributed by atoms with van der Waals surface area (Å²) in [6, 6.07) is 7.96. The topological polar surface area (TPSA) is 77.5 Å². The van der Waals surface area contributed by atoms with Gasteiger partial charge in [-0.15, -0.1) is 0 Å². The third-order valence-corrected chi connectivity index (χ3v) is 2.68. The summed E-state index contributed by atoms with van der Waals surface area (Å²) >= 11 is 0. The zero-order valence-corrected chi connectivity index (χ0v) is 10.6. The Bertz CT molecular complexity index is 561. The zero-order valence-electron chi connectivity index (χ0n) is 10.6. The molecule has 6 nitrogen and oxygen atoms in total. The molecular weight excluding hydrogens is 230 g/mol. The molecule has 0 aliphatic carbocycles. The summed E-state index contributed by atoms with van der Waals surface area (Å²) in [5.74, 6) is 6.09. The summed E-state index contributed by atoms with van der Waals surface area (Å²) in [6.07, 6.45) is 0. The van der Waals surface area contributed by atoms with E-state index in [-0.39, 0.29) is 0 Å². The fourth-order valence-electron chi connectivity index (χ4n) is 1.83. The molecule has 0 fully saturated rings. The first-order chi connectivity index (χ1) is 8.77. The molecule has 0 aliphatic rings. The van der Waals surface area contributed by atoms with Crippen LogP contribution in [0.4, 0.5) is 0 Å². The van der Waals surface area contributed by atoms with Crippen molar-refractivity contribution in [3.05, 3.63) is 30.0 Å². The Balaban J connectivity index is 2.42. The van der Waals surface area contributed by atoms with Gasteiger partial charge >= 0.3 is 0 Å². The van der Waals surface area contributed by atoms with Gasteiger partial charge in [0.15, 0.2) is 5.84 Å². The molecule has 1 aromatic carbocycles. The van der Waals surface area contributed by atoms with Crippen LogP contribution in [0, 0.1) is 0 Å². The number of aromatic nitrogens is 2. The predicted octanol–water partition coefficient (Wildman–Crippen LogP) is 0.430.